The van der Waals surface area contributed by atoms with Crippen LogP contribution in [0.25, 0.3) is 16.7 Å². The maximum Gasteiger partial charge on any atom is -0.0162 e. The third-order valence-electron chi connectivity index (χ3n) is 9.49. The van der Waals surface area contributed by atoms with Crippen molar-refractivity contribution in [3.63, 3.8) is 0 Å². The lowest BCUT2D eigenvalue weighted by Gasteiger charge is -2.29. The molecule has 0 spiro atoms. The normalized spacial score (nSPS) is 23.3. The van der Waals surface area contributed by atoms with Gasteiger partial charge in [0.2, 0.25) is 0 Å². The monoisotopic (exact) mass is 484 g/mol. The Balaban J connectivity index is 1.25. The van der Waals surface area contributed by atoms with Gasteiger partial charge in [0, 0.05) is 0 Å². The lowest BCUT2D eigenvalue weighted by molar-refractivity contribution is 0.302. The Morgan fingerprint density at radius 1 is 0.694 bits per heavy atom. The van der Waals surface area contributed by atoms with E-state index in [4.69, 9.17) is 0 Å². The van der Waals surface area contributed by atoms with Gasteiger partial charge in [-0.15, -0.1) is 0 Å². The van der Waals surface area contributed by atoms with E-state index in [1.165, 1.54) is 113 Å². The van der Waals surface area contributed by atoms with Gasteiger partial charge < -0.3 is 0 Å². The van der Waals surface area contributed by atoms with Gasteiger partial charge in [0.1, 0.15) is 0 Å². The molecule has 36 heavy (non-hydrogen) atoms. The molecule has 0 heteroatoms. The van der Waals surface area contributed by atoms with Crippen LogP contribution in [0, 0.1) is 17.8 Å². The summed E-state index contributed by atoms with van der Waals surface area (Å²) >= 11 is 0. The van der Waals surface area contributed by atoms with E-state index in [9.17, 15) is 0 Å². The van der Waals surface area contributed by atoms with E-state index < -0.39 is 0 Å². The second kappa shape index (κ2) is 14.2. The van der Waals surface area contributed by atoms with Crippen LogP contribution in [-0.4, -0.2) is 0 Å². The van der Waals surface area contributed by atoms with Crippen molar-refractivity contribution in [2.45, 2.75) is 123 Å². The van der Waals surface area contributed by atoms with Gasteiger partial charge in [-0.05, 0) is 103 Å². The van der Waals surface area contributed by atoms with Crippen molar-refractivity contribution in [1.29, 1.82) is 0 Å². The van der Waals surface area contributed by atoms with E-state index in [2.05, 4.69) is 75.4 Å². The highest BCUT2D eigenvalue weighted by molar-refractivity contribution is 5.71. The Morgan fingerprint density at radius 2 is 1.33 bits per heavy atom. The number of allylic oxidation sites excluding steroid dienone is 2. The molecule has 1 fully saturated rings. The molecule has 196 valence electrons. The molecule has 2 aromatic rings. The number of benzene rings is 2. The first kappa shape index (κ1) is 27.2. The first-order valence-corrected chi connectivity index (χ1v) is 15.6. The van der Waals surface area contributed by atoms with E-state index in [-0.39, 0.29) is 0 Å². The van der Waals surface area contributed by atoms with Crippen molar-refractivity contribution in [3.8, 4) is 11.1 Å². The van der Waals surface area contributed by atoms with Crippen molar-refractivity contribution in [2.24, 2.45) is 17.8 Å². The Labute approximate surface area is 223 Å². The number of unbranched alkanes of at least 4 members (excludes halogenated alkanes) is 4. The standard InChI is InChI=1S/C36H52/c1-4-6-7-8-9-10-29-11-15-31(16-12-29)33-19-23-35(24-20-33)36-25-21-34(22-26-36)32-17-13-30(14-18-32)27-28(3)5-2/h17,19-26,28-31H,4-16,18,27H2,1-3H3/t28?,29-,30?,31-. The Bertz CT molecular complexity index is 908. The SMILES string of the molecule is CCCCCCC[C@H]1CC[C@H](c2ccc(-c3ccc(C4=CCC(CC(C)CC)CC4)cc3)cc2)CC1. The maximum atomic E-state index is 2.53. The van der Waals surface area contributed by atoms with Crippen LogP contribution in [0.1, 0.15) is 134 Å². The van der Waals surface area contributed by atoms with Crippen LogP contribution < -0.4 is 0 Å². The summed E-state index contributed by atoms with van der Waals surface area (Å²) in [5.74, 6) is 3.54. The first-order chi connectivity index (χ1) is 17.7. The Hall–Kier alpha value is -1.82. The van der Waals surface area contributed by atoms with Gasteiger partial charge in [-0.3, -0.25) is 0 Å². The van der Waals surface area contributed by atoms with Crippen LogP contribution in [-0.2, 0) is 0 Å². The second-order valence-electron chi connectivity index (χ2n) is 12.2. The molecule has 2 aromatic carbocycles. The zero-order valence-corrected chi connectivity index (χ0v) is 23.6. The minimum absolute atomic E-state index is 0.778. The minimum atomic E-state index is 0.778. The molecule has 2 unspecified atom stereocenters. The van der Waals surface area contributed by atoms with Gasteiger partial charge in [0.15, 0.2) is 0 Å². The summed E-state index contributed by atoms with van der Waals surface area (Å²) in [7, 11) is 0. The van der Waals surface area contributed by atoms with Crippen molar-refractivity contribution in [2.75, 3.05) is 0 Å². The van der Waals surface area contributed by atoms with Crippen LogP contribution in [0.3, 0.4) is 0 Å². The summed E-state index contributed by atoms with van der Waals surface area (Å²) in [6.07, 6.45) is 23.4. The molecule has 2 aliphatic carbocycles. The molecular weight excluding hydrogens is 432 g/mol. The number of hydrogen-bond acceptors (Lipinski definition) is 0. The van der Waals surface area contributed by atoms with Gasteiger partial charge >= 0.3 is 0 Å². The molecule has 1 saturated carbocycles. The molecular formula is C36H52. The quantitative estimate of drug-likeness (QED) is 0.263. The van der Waals surface area contributed by atoms with Crippen molar-refractivity contribution in [1.82, 2.24) is 0 Å². The zero-order chi connectivity index (χ0) is 25.2. The lowest BCUT2D eigenvalue weighted by Crippen LogP contribution is -2.13. The Morgan fingerprint density at radius 3 is 1.94 bits per heavy atom. The number of rotatable bonds is 12. The molecule has 2 aliphatic rings. The summed E-state index contributed by atoms with van der Waals surface area (Å²) in [5, 5.41) is 0. The first-order valence-electron chi connectivity index (χ1n) is 15.6. The summed E-state index contributed by atoms with van der Waals surface area (Å²) in [6, 6.07) is 18.9. The van der Waals surface area contributed by atoms with Crippen molar-refractivity contribution < 1.29 is 0 Å². The summed E-state index contributed by atoms with van der Waals surface area (Å²) in [5.41, 5.74) is 7.27. The fraction of sp³-hybridized carbons (Fsp3) is 0.611. The Kier molecular flexibility index (Phi) is 10.7. The summed E-state index contributed by atoms with van der Waals surface area (Å²) in [6.45, 7) is 7.04. The maximum absolute atomic E-state index is 2.53. The molecule has 0 saturated heterocycles. The average molecular weight is 485 g/mol. The average Bonchev–Trinajstić information content (AvgIpc) is 2.94. The lowest BCUT2D eigenvalue weighted by atomic mass is 9.77. The molecule has 0 nitrogen and oxygen atoms in total. The van der Waals surface area contributed by atoms with E-state index in [0.717, 1.165) is 23.7 Å². The molecule has 0 radical (unpaired) electrons. The van der Waals surface area contributed by atoms with Crippen LogP contribution in [0.5, 0.6) is 0 Å². The minimum Gasteiger partial charge on any atom is -0.0804 e. The smallest absolute Gasteiger partial charge is 0.0162 e. The van der Waals surface area contributed by atoms with Gasteiger partial charge in [-0.2, -0.15) is 0 Å². The molecule has 0 heterocycles. The summed E-state index contributed by atoms with van der Waals surface area (Å²) in [4.78, 5) is 0. The summed E-state index contributed by atoms with van der Waals surface area (Å²) < 4.78 is 0. The third kappa shape index (κ3) is 7.84. The second-order valence-corrected chi connectivity index (χ2v) is 12.2. The largest absolute Gasteiger partial charge is 0.0804 e. The van der Waals surface area contributed by atoms with E-state index >= 15 is 0 Å². The molecule has 4 rings (SSSR count). The molecule has 2 atom stereocenters. The highest BCUT2D eigenvalue weighted by Crippen LogP contribution is 2.39. The van der Waals surface area contributed by atoms with E-state index in [1.54, 1.807) is 11.1 Å². The van der Waals surface area contributed by atoms with Crippen molar-refractivity contribution >= 4 is 5.57 Å². The van der Waals surface area contributed by atoms with E-state index in [1.807, 2.05) is 0 Å². The van der Waals surface area contributed by atoms with Gasteiger partial charge in [0.25, 0.3) is 0 Å². The van der Waals surface area contributed by atoms with Crippen LogP contribution in [0.4, 0.5) is 0 Å². The van der Waals surface area contributed by atoms with Crippen molar-refractivity contribution in [3.05, 3.63) is 65.7 Å². The van der Waals surface area contributed by atoms with Crippen LogP contribution >= 0.6 is 0 Å². The molecule has 0 aromatic heterocycles. The molecule has 0 aliphatic heterocycles. The molecule has 0 bridgehead atoms. The highest BCUT2D eigenvalue weighted by atomic mass is 14.3. The molecule has 0 N–H and O–H groups in total. The van der Waals surface area contributed by atoms with Gasteiger partial charge in [-0.1, -0.05) is 120 Å². The fourth-order valence-electron chi connectivity index (χ4n) is 6.75. The van der Waals surface area contributed by atoms with E-state index in [0.29, 0.717) is 0 Å². The predicted octanol–water partition coefficient (Wildman–Crippen LogP) is 11.6. The topological polar surface area (TPSA) is 0 Å². The van der Waals surface area contributed by atoms with Gasteiger partial charge in [0.05, 0.1) is 0 Å². The van der Waals surface area contributed by atoms with Crippen LogP contribution in [0.2, 0.25) is 0 Å². The van der Waals surface area contributed by atoms with Gasteiger partial charge in [-0.25, -0.2) is 0 Å². The van der Waals surface area contributed by atoms with Crippen LogP contribution in [0.15, 0.2) is 54.6 Å². The fourth-order valence-corrected chi connectivity index (χ4v) is 6.75. The zero-order valence-electron chi connectivity index (χ0n) is 23.6. The highest BCUT2D eigenvalue weighted by Gasteiger charge is 2.22. The predicted molar refractivity (Wildman–Crippen MR) is 159 cm³/mol. The third-order valence-corrected chi connectivity index (χ3v) is 9.49. The number of hydrogen-bond donors (Lipinski definition) is 0. The molecule has 0 amide bonds.